The summed E-state index contributed by atoms with van der Waals surface area (Å²) in [5.41, 5.74) is 3.08. The van der Waals surface area contributed by atoms with Gasteiger partial charge in [-0.15, -0.1) is 0 Å². The van der Waals surface area contributed by atoms with Gasteiger partial charge in [-0.25, -0.2) is 0 Å². The Kier molecular flexibility index (Phi) is 4.77. The van der Waals surface area contributed by atoms with Crippen molar-refractivity contribution >= 4 is 17.6 Å². The van der Waals surface area contributed by atoms with Crippen LogP contribution in [0, 0.1) is 6.92 Å². The van der Waals surface area contributed by atoms with E-state index in [1.54, 1.807) is 36.4 Å². The smallest absolute Gasteiger partial charge is 0.231 e. The van der Waals surface area contributed by atoms with E-state index >= 15 is 0 Å². The lowest BCUT2D eigenvalue weighted by Crippen LogP contribution is -2.11. The number of carbonyl (C=O) groups is 2. The van der Waals surface area contributed by atoms with Gasteiger partial charge >= 0.3 is 0 Å². The van der Waals surface area contributed by atoms with Crippen molar-refractivity contribution in [2.45, 2.75) is 6.92 Å². The van der Waals surface area contributed by atoms with E-state index in [9.17, 15) is 9.59 Å². The summed E-state index contributed by atoms with van der Waals surface area (Å²) in [7, 11) is 0. The van der Waals surface area contributed by atoms with Gasteiger partial charge < -0.3 is 9.47 Å². The molecule has 0 aromatic heterocycles. The summed E-state index contributed by atoms with van der Waals surface area (Å²) in [5, 5.41) is 0. The van der Waals surface area contributed by atoms with E-state index < -0.39 is 0 Å². The Balaban J connectivity index is 1.50. The van der Waals surface area contributed by atoms with Crippen molar-refractivity contribution in [3.05, 3.63) is 101 Å². The van der Waals surface area contributed by atoms with Crippen LogP contribution in [0.5, 0.6) is 11.5 Å². The highest BCUT2D eigenvalue weighted by Gasteiger charge is 2.28. The van der Waals surface area contributed by atoms with Gasteiger partial charge in [0, 0.05) is 11.6 Å². The minimum absolute atomic E-state index is 0.0807. The fourth-order valence-corrected chi connectivity index (χ4v) is 3.00. The van der Waals surface area contributed by atoms with Crippen LogP contribution in [0.1, 0.15) is 31.8 Å². The van der Waals surface area contributed by atoms with Crippen LogP contribution < -0.4 is 9.47 Å². The first kappa shape index (κ1) is 17.7. The molecule has 0 fully saturated rings. The molecular weight excluding hydrogens is 352 g/mol. The van der Waals surface area contributed by atoms with Crippen molar-refractivity contribution < 1.29 is 19.1 Å². The van der Waals surface area contributed by atoms with Crippen molar-refractivity contribution in [3.63, 3.8) is 0 Å². The first-order valence-electron chi connectivity index (χ1n) is 8.97. The van der Waals surface area contributed by atoms with Crippen molar-refractivity contribution in [1.82, 2.24) is 0 Å². The Bertz CT molecular complexity index is 1080. The summed E-state index contributed by atoms with van der Waals surface area (Å²) >= 11 is 0. The minimum Gasteiger partial charge on any atom is -0.485 e. The minimum atomic E-state index is -0.162. The van der Waals surface area contributed by atoms with Crippen molar-refractivity contribution in [2.24, 2.45) is 0 Å². The second kappa shape index (κ2) is 7.53. The van der Waals surface area contributed by atoms with Gasteiger partial charge in [-0.05, 0) is 36.3 Å². The van der Waals surface area contributed by atoms with E-state index in [4.69, 9.17) is 9.47 Å². The largest absolute Gasteiger partial charge is 0.485 e. The molecule has 1 aliphatic rings. The Morgan fingerprint density at radius 1 is 1.00 bits per heavy atom. The Labute approximate surface area is 163 Å². The lowest BCUT2D eigenvalue weighted by molar-refractivity contribution is 0.0921. The molecule has 4 rings (SSSR count). The van der Waals surface area contributed by atoms with Crippen LogP contribution in [-0.2, 0) is 0 Å². The van der Waals surface area contributed by atoms with Crippen molar-refractivity contribution in [3.8, 4) is 11.5 Å². The topological polar surface area (TPSA) is 52.6 Å². The first-order valence-corrected chi connectivity index (χ1v) is 8.97. The van der Waals surface area contributed by atoms with Crippen LogP contribution in [0.25, 0.3) is 6.08 Å². The predicted octanol–water partition coefficient (Wildman–Crippen LogP) is 4.87. The van der Waals surface area contributed by atoms with Crippen molar-refractivity contribution in [2.75, 3.05) is 6.61 Å². The third kappa shape index (κ3) is 3.58. The van der Waals surface area contributed by atoms with Gasteiger partial charge in [0.15, 0.2) is 18.1 Å². The Morgan fingerprint density at radius 2 is 1.75 bits per heavy atom. The molecule has 0 radical (unpaired) electrons. The lowest BCUT2D eigenvalue weighted by atomic mass is 10.1. The number of ether oxygens (including phenoxy) is 2. The molecule has 0 saturated heterocycles. The molecule has 3 aromatic carbocycles. The number of fused-ring (bicyclic) bond motifs is 1. The zero-order valence-corrected chi connectivity index (χ0v) is 15.3. The number of hydrogen-bond donors (Lipinski definition) is 0. The van der Waals surface area contributed by atoms with Gasteiger partial charge in [-0.2, -0.15) is 0 Å². The fraction of sp³-hybridized carbons (Fsp3) is 0.0833. The molecule has 0 spiro atoms. The molecule has 1 heterocycles. The maximum absolute atomic E-state index is 12.6. The summed E-state index contributed by atoms with van der Waals surface area (Å²) in [6, 6.07) is 21.7. The number of hydrogen-bond acceptors (Lipinski definition) is 4. The zero-order valence-electron chi connectivity index (χ0n) is 15.3. The molecule has 138 valence electrons. The van der Waals surface area contributed by atoms with Crippen LogP contribution in [-0.4, -0.2) is 18.2 Å². The fourth-order valence-electron chi connectivity index (χ4n) is 3.00. The summed E-state index contributed by atoms with van der Waals surface area (Å²) in [6.45, 7) is 1.90. The van der Waals surface area contributed by atoms with Crippen LogP contribution in [0.2, 0.25) is 0 Å². The maximum Gasteiger partial charge on any atom is 0.231 e. The first-order chi connectivity index (χ1) is 13.6. The van der Waals surface area contributed by atoms with Gasteiger partial charge in [-0.3, -0.25) is 9.59 Å². The predicted molar refractivity (Wildman–Crippen MR) is 107 cm³/mol. The molecular formula is C24H18O4. The SMILES string of the molecule is Cc1ccccc1/C=C1\Oc2cc(OCC(=O)c3ccccc3)ccc2C1=O. The van der Waals surface area contributed by atoms with Gasteiger partial charge in [0.25, 0.3) is 0 Å². The van der Waals surface area contributed by atoms with E-state index in [2.05, 4.69) is 0 Å². The average Bonchev–Trinajstić information content (AvgIpc) is 3.03. The van der Waals surface area contributed by atoms with E-state index in [-0.39, 0.29) is 23.9 Å². The highest BCUT2D eigenvalue weighted by atomic mass is 16.5. The standard InChI is InChI=1S/C24H18O4/c1-16-7-5-6-10-18(16)13-23-24(26)20-12-11-19(14-22(20)28-23)27-15-21(25)17-8-3-2-4-9-17/h2-14H,15H2,1H3/b23-13-. The lowest BCUT2D eigenvalue weighted by Gasteiger charge is -2.07. The van der Waals surface area contributed by atoms with Crippen LogP contribution in [0.15, 0.2) is 78.6 Å². The third-order valence-electron chi connectivity index (χ3n) is 4.58. The average molecular weight is 370 g/mol. The maximum atomic E-state index is 12.6. The second-order valence-electron chi connectivity index (χ2n) is 6.53. The monoisotopic (exact) mass is 370 g/mol. The summed E-state index contributed by atoms with van der Waals surface area (Å²) in [6.07, 6.45) is 1.75. The number of benzene rings is 3. The quantitative estimate of drug-likeness (QED) is 0.475. The molecule has 0 atom stereocenters. The number of Topliss-reactive ketones (excluding diaryl/α,β-unsaturated/α-hetero) is 2. The van der Waals surface area contributed by atoms with E-state index in [1.807, 2.05) is 49.4 Å². The Hall–Kier alpha value is -3.66. The van der Waals surface area contributed by atoms with Gasteiger partial charge in [-0.1, -0.05) is 54.6 Å². The number of allylic oxidation sites excluding steroid dienone is 1. The van der Waals surface area contributed by atoms with Crippen molar-refractivity contribution in [1.29, 1.82) is 0 Å². The number of ketones is 2. The molecule has 0 N–H and O–H groups in total. The normalized spacial score (nSPS) is 13.9. The van der Waals surface area contributed by atoms with Gasteiger partial charge in [0.2, 0.25) is 5.78 Å². The molecule has 0 amide bonds. The summed E-state index contributed by atoms with van der Waals surface area (Å²) < 4.78 is 11.4. The van der Waals surface area contributed by atoms with Gasteiger partial charge in [0.05, 0.1) is 5.56 Å². The molecule has 1 aliphatic heterocycles. The van der Waals surface area contributed by atoms with Crippen LogP contribution in [0.4, 0.5) is 0 Å². The zero-order chi connectivity index (χ0) is 19.5. The molecule has 0 unspecified atom stereocenters. The summed E-state index contributed by atoms with van der Waals surface area (Å²) in [4.78, 5) is 24.8. The second-order valence-corrected chi connectivity index (χ2v) is 6.53. The molecule has 4 heteroatoms. The molecule has 0 bridgehead atoms. The van der Waals surface area contributed by atoms with E-state index in [1.165, 1.54) is 0 Å². The third-order valence-corrected chi connectivity index (χ3v) is 4.58. The van der Waals surface area contributed by atoms with E-state index in [0.717, 1.165) is 11.1 Å². The van der Waals surface area contributed by atoms with Gasteiger partial charge in [0.1, 0.15) is 11.5 Å². The molecule has 3 aromatic rings. The molecule has 0 aliphatic carbocycles. The number of rotatable bonds is 5. The van der Waals surface area contributed by atoms with E-state index in [0.29, 0.717) is 22.6 Å². The Morgan fingerprint density at radius 3 is 2.54 bits per heavy atom. The highest BCUT2D eigenvalue weighted by molar-refractivity contribution is 6.14. The summed E-state index contributed by atoms with van der Waals surface area (Å²) in [5.74, 6) is 0.924. The van der Waals surface area contributed by atoms with Crippen LogP contribution >= 0.6 is 0 Å². The molecule has 0 saturated carbocycles. The molecule has 4 nitrogen and oxygen atoms in total. The number of aryl methyl sites for hydroxylation is 1. The number of carbonyl (C=O) groups excluding carboxylic acids is 2. The highest BCUT2D eigenvalue weighted by Crippen LogP contribution is 2.35. The van der Waals surface area contributed by atoms with Crippen LogP contribution in [0.3, 0.4) is 0 Å². The molecule has 28 heavy (non-hydrogen) atoms.